The van der Waals surface area contributed by atoms with Crippen LogP contribution in [0.5, 0.6) is 0 Å². The van der Waals surface area contributed by atoms with Gasteiger partial charge in [0.15, 0.2) is 5.69 Å². The van der Waals surface area contributed by atoms with Crippen molar-refractivity contribution in [1.29, 1.82) is 0 Å². The Kier molecular flexibility index (Phi) is 10.2. The van der Waals surface area contributed by atoms with E-state index in [1.54, 1.807) is 30.0 Å². The molecule has 4 amide bonds. The van der Waals surface area contributed by atoms with Gasteiger partial charge in [-0.15, -0.1) is 0 Å². The van der Waals surface area contributed by atoms with Gasteiger partial charge in [0.25, 0.3) is 11.8 Å². The standard InChI is InChI=1S/C35H47FN8O3/c1-22(2)44-32-23(3)19-43(26-13-11-25(12-14-26)34(46)41(6)7)21-28(32)31(39-44)33(45)37-18-24-10-15-30(29(36)17-24)38-35(47)42-16-8-9-27(20-42)40(4)5/h10-15,17,22-23,27H,8-9,16,18-21H2,1-7H3,(H,37,45)(H,38,47)/t23-,27+/m0/s1. The number of nitrogens with one attached hydrogen (secondary N) is 2. The molecule has 0 radical (unpaired) electrons. The number of halogens is 1. The molecule has 3 heterocycles. The van der Waals surface area contributed by atoms with Crippen molar-refractivity contribution < 1.29 is 18.8 Å². The number of aromatic nitrogens is 2. The van der Waals surface area contributed by atoms with Gasteiger partial charge >= 0.3 is 6.03 Å². The van der Waals surface area contributed by atoms with E-state index in [-0.39, 0.29) is 48.1 Å². The van der Waals surface area contributed by atoms with Crippen LogP contribution in [0.4, 0.5) is 20.6 Å². The van der Waals surface area contributed by atoms with Crippen LogP contribution in [0.15, 0.2) is 42.5 Å². The third-order valence-corrected chi connectivity index (χ3v) is 9.09. The molecule has 11 nitrogen and oxygen atoms in total. The fourth-order valence-corrected chi connectivity index (χ4v) is 6.47. The molecule has 1 saturated heterocycles. The molecule has 0 unspecified atom stereocenters. The van der Waals surface area contributed by atoms with Gasteiger partial charge < -0.3 is 30.2 Å². The van der Waals surface area contributed by atoms with Crippen LogP contribution >= 0.6 is 0 Å². The van der Waals surface area contributed by atoms with Crippen molar-refractivity contribution in [2.75, 3.05) is 58.0 Å². The van der Waals surface area contributed by atoms with Crippen LogP contribution in [-0.2, 0) is 13.1 Å². The molecule has 2 atom stereocenters. The van der Waals surface area contributed by atoms with Gasteiger partial charge in [0.1, 0.15) is 5.82 Å². The van der Waals surface area contributed by atoms with Gasteiger partial charge in [0, 0.05) is 87.3 Å². The summed E-state index contributed by atoms with van der Waals surface area (Å²) >= 11 is 0. The Morgan fingerprint density at radius 3 is 2.40 bits per heavy atom. The molecule has 2 N–H and O–H groups in total. The number of likely N-dealkylation sites (tertiary alicyclic amines) is 1. The number of urea groups is 1. The van der Waals surface area contributed by atoms with Crippen LogP contribution in [-0.4, -0.2) is 96.2 Å². The highest BCUT2D eigenvalue weighted by atomic mass is 19.1. The Balaban J connectivity index is 1.27. The summed E-state index contributed by atoms with van der Waals surface area (Å²) in [5, 5.41) is 10.4. The summed E-state index contributed by atoms with van der Waals surface area (Å²) in [6.07, 6.45) is 1.93. The van der Waals surface area contributed by atoms with Gasteiger partial charge in [-0.3, -0.25) is 14.3 Å². The first kappa shape index (κ1) is 33.9. The molecule has 1 fully saturated rings. The van der Waals surface area contributed by atoms with E-state index in [2.05, 4.69) is 27.4 Å². The van der Waals surface area contributed by atoms with Crippen LogP contribution in [0, 0.1) is 5.82 Å². The fourth-order valence-electron chi connectivity index (χ4n) is 6.47. The Morgan fingerprint density at radius 1 is 1.04 bits per heavy atom. The number of piperidine rings is 1. The summed E-state index contributed by atoms with van der Waals surface area (Å²) in [6, 6.07) is 12.1. The fraction of sp³-hybridized carbons (Fsp3) is 0.486. The second-order valence-corrected chi connectivity index (χ2v) is 13.4. The largest absolute Gasteiger partial charge is 0.366 e. The number of anilines is 2. The third kappa shape index (κ3) is 7.43. The number of amides is 4. The Labute approximate surface area is 276 Å². The topological polar surface area (TPSA) is 106 Å². The summed E-state index contributed by atoms with van der Waals surface area (Å²) in [7, 11) is 7.46. The lowest BCUT2D eigenvalue weighted by Gasteiger charge is -2.36. The first-order valence-electron chi connectivity index (χ1n) is 16.3. The summed E-state index contributed by atoms with van der Waals surface area (Å²) in [4.78, 5) is 46.4. The van der Waals surface area contributed by atoms with E-state index in [0.717, 1.165) is 36.3 Å². The normalized spacial score (nSPS) is 17.9. The van der Waals surface area contributed by atoms with Crippen LogP contribution < -0.4 is 15.5 Å². The smallest absolute Gasteiger partial charge is 0.321 e. The lowest BCUT2D eigenvalue weighted by atomic mass is 9.95. The second kappa shape index (κ2) is 14.1. The van der Waals surface area contributed by atoms with E-state index < -0.39 is 5.82 Å². The zero-order valence-electron chi connectivity index (χ0n) is 28.5. The second-order valence-electron chi connectivity index (χ2n) is 13.4. The molecule has 2 aromatic carbocycles. The van der Waals surface area contributed by atoms with Gasteiger partial charge in [0.05, 0.1) is 5.69 Å². The van der Waals surface area contributed by atoms with Gasteiger partial charge in [0.2, 0.25) is 0 Å². The molecular formula is C35H47FN8O3. The van der Waals surface area contributed by atoms with E-state index in [1.807, 2.05) is 56.9 Å². The van der Waals surface area contributed by atoms with E-state index >= 15 is 4.39 Å². The summed E-state index contributed by atoms with van der Waals surface area (Å²) in [5.74, 6) is -0.845. The maximum atomic E-state index is 15.1. The molecule has 47 heavy (non-hydrogen) atoms. The predicted octanol–water partition coefficient (Wildman–Crippen LogP) is 4.92. The predicted molar refractivity (Wildman–Crippen MR) is 181 cm³/mol. The average molecular weight is 647 g/mol. The van der Waals surface area contributed by atoms with Crippen LogP contribution in [0.1, 0.15) is 83.2 Å². The molecule has 2 aliphatic heterocycles. The minimum absolute atomic E-state index is 0.0574. The number of hydrogen-bond donors (Lipinski definition) is 2. The van der Waals surface area contributed by atoms with E-state index in [1.165, 1.54) is 12.1 Å². The van der Waals surface area contributed by atoms with Crippen molar-refractivity contribution in [3.8, 4) is 0 Å². The molecule has 5 rings (SSSR count). The number of fused-ring (bicyclic) bond motifs is 1. The van der Waals surface area contributed by atoms with E-state index in [4.69, 9.17) is 5.10 Å². The van der Waals surface area contributed by atoms with Crippen molar-refractivity contribution in [2.45, 2.75) is 64.7 Å². The highest BCUT2D eigenvalue weighted by molar-refractivity contribution is 5.95. The number of hydrogen-bond acceptors (Lipinski definition) is 6. The first-order valence-corrected chi connectivity index (χ1v) is 16.3. The summed E-state index contributed by atoms with van der Waals surface area (Å²) in [6.45, 7) is 8.79. The van der Waals surface area contributed by atoms with Gasteiger partial charge in [-0.05, 0) is 82.7 Å². The quantitative estimate of drug-likeness (QED) is 0.360. The highest BCUT2D eigenvalue weighted by Crippen LogP contribution is 2.35. The first-order chi connectivity index (χ1) is 22.3. The molecule has 0 saturated carbocycles. The molecular weight excluding hydrogens is 599 g/mol. The maximum absolute atomic E-state index is 15.1. The van der Waals surface area contributed by atoms with E-state index in [0.29, 0.717) is 36.5 Å². The Morgan fingerprint density at radius 2 is 1.77 bits per heavy atom. The van der Waals surface area contributed by atoms with Crippen molar-refractivity contribution in [1.82, 2.24) is 29.8 Å². The van der Waals surface area contributed by atoms with Crippen LogP contribution in [0.2, 0.25) is 0 Å². The Hall–Kier alpha value is -4.45. The lowest BCUT2D eigenvalue weighted by Crippen LogP contribution is -2.48. The number of carbonyl (C=O) groups excluding carboxylic acids is 3. The highest BCUT2D eigenvalue weighted by Gasteiger charge is 2.33. The van der Waals surface area contributed by atoms with Crippen molar-refractivity contribution >= 4 is 29.2 Å². The minimum Gasteiger partial charge on any atom is -0.366 e. The van der Waals surface area contributed by atoms with Crippen molar-refractivity contribution in [3.63, 3.8) is 0 Å². The molecule has 12 heteroatoms. The number of benzene rings is 2. The Bertz CT molecular complexity index is 1620. The zero-order chi connectivity index (χ0) is 34.0. The van der Waals surface area contributed by atoms with Gasteiger partial charge in [-0.25, -0.2) is 9.18 Å². The number of nitrogens with zero attached hydrogens (tertiary/aromatic N) is 6. The van der Waals surface area contributed by atoms with Crippen molar-refractivity contribution in [3.05, 3.63) is 76.4 Å². The number of carbonyl (C=O) groups is 3. The maximum Gasteiger partial charge on any atom is 0.321 e. The minimum atomic E-state index is -0.560. The molecule has 252 valence electrons. The third-order valence-electron chi connectivity index (χ3n) is 9.09. The van der Waals surface area contributed by atoms with Crippen LogP contribution in [0.3, 0.4) is 0 Å². The van der Waals surface area contributed by atoms with Crippen molar-refractivity contribution in [2.24, 2.45) is 0 Å². The summed E-state index contributed by atoms with van der Waals surface area (Å²) < 4.78 is 17.0. The number of rotatable bonds is 8. The number of likely N-dealkylation sites (N-methyl/N-ethyl adjacent to an activating group) is 1. The molecule has 0 bridgehead atoms. The lowest BCUT2D eigenvalue weighted by molar-refractivity contribution is 0.0827. The molecule has 1 aromatic heterocycles. The molecule has 0 aliphatic carbocycles. The SMILES string of the molecule is CC(C)n1nc(C(=O)NCc2ccc(NC(=O)N3CCC[C@@H](N(C)C)C3)c(F)c2)c2c1[C@@H](C)CN(c1ccc(C(=O)N(C)C)cc1)C2. The van der Waals surface area contributed by atoms with Crippen LogP contribution in [0.25, 0.3) is 0 Å². The van der Waals surface area contributed by atoms with Gasteiger partial charge in [-0.1, -0.05) is 13.0 Å². The monoisotopic (exact) mass is 646 g/mol. The molecule has 2 aliphatic rings. The molecule has 0 spiro atoms. The van der Waals surface area contributed by atoms with E-state index in [9.17, 15) is 14.4 Å². The van der Waals surface area contributed by atoms with Gasteiger partial charge in [-0.2, -0.15) is 5.10 Å². The average Bonchev–Trinajstić information content (AvgIpc) is 3.45. The summed E-state index contributed by atoms with van der Waals surface area (Å²) in [5.41, 5.74) is 4.51. The molecule has 3 aromatic rings. The zero-order valence-corrected chi connectivity index (χ0v) is 28.5.